The first kappa shape index (κ1) is 10.1. The van der Waals surface area contributed by atoms with Crippen LogP contribution in [0.5, 0.6) is 0 Å². The molecule has 0 fully saturated rings. The van der Waals surface area contributed by atoms with Crippen LogP contribution < -0.4 is 5.73 Å². The fourth-order valence-electron chi connectivity index (χ4n) is 1.48. The summed E-state index contributed by atoms with van der Waals surface area (Å²) in [5.74, 6) is 2.46. The molecule has 0 bridgehead atoms. The topological polar surface area (TPSA) is 52.0 Å². The van der Waals surface area contributed by atoms with E-state index in [0.29, 0.717) is 17.7 Å². The van der Waals surface area contributed by atoms with Gasteiger partial charge in [-0.1, -0.05) is 32.9 Å². The molecule has 0 aliphatic rings. The highest BCUT2D eigenvalue weighted by molar-refractivity contribution is 5.42. The molecule has 1 heterocycles. The minimum absolute atomic E-state index is 0.389. The second-order valence-corrected chi connectivity index (χ2v) is 4.16. The van der Waals surface area contributed by atoms with Gasteiger partial charge in [0.25, 0.3) is 0 Å². The Balaban J connectivity index is 2.94. The van der Waals surface area contributed by atoms with Crippen molar-refractivity contribution in [1.82, 2.24) is 5.16 Å². The summed E-state index contributed by atoms with van der Waals surface area (Å²) in [6.07, 6.45) is 0.914. The molecule has 1 aromatic rings. The van der Waals surface area contributed by atoms with Crippen LogP contribution >= 0.6 is 0 Å². The first-order chi connectivity index (χ1) is 6.02. The van der Waals surface area contributed by atoms with E-state index in [0.717, 1.165) is 17.7 Å². The summed E-state index contributed by atoms with van der Waals surface area (Å²) in [5.41, 5.74) is 6.79. The minimum atomic E-state index is 0.389. The zero-order chi connectivity index (χ0) is 10.0. The normalized spacial score (nSPS) is 11.5. The van der Waals surface area contributed by atoms with Gasteiger partial charge >= 0.3 is 0 Å². The zero-order valence-corrected chi connectivity index (χ0v) is 8.79. The van der Waals surface area contributed by atoms with E-state index >= 15 is 0 Å². The van der Waals surface area contributed by atoms with Crippen LogP contribution in [0.4, 0.5) is 5.82 Å². The number of hydrogen-bond acceptors (Lipinski definition) is 3. The van der Waals surface area contributed by atoms with Crippen LogP contribution in [0, 0.1) is 5.92 Å². The van der Waals surface area contributed by atoms with Crippen LogP contribution in [0.2, 0.25) is 0 Å². The Morgan fingerprint density at radius 2 is 1.92 bits per heavy atom. The van der Waals surface area contributed by atoms with Crippen molar-refractivity contribution in [2.24, 2.45) is 5.92 Å². The van der Waals surface area contributed by atoms with Crippen molar-refractivity contribution >= 4 is 5.82 Å². The molecule has 13 heavy (non-hydrogen) atoms. The van der Waals surface area contributed by atoms with E-state index in [1.54, 1.807) is 0 Å². The maximum Gasteiger partial charge on any atom is 0.170 e. The van der Waals surface area contributed by atoms with E-state index in [1.165, 1.54) is 0 Å². The summed E-state index contributed by atoms with van der Waals surface area (Å²) in [7, 11) is 0. The lowest BCUT2D eigenvalue weighted by Crippen LogP contribution is -2.00. The number of rotatable bonds is 3. The van der Waals surface area contributed by atoms with Gasteiger partial charge in [0.05, 0.1) is 0 Å². The molecule has 0 spiro atoms. The lowest BCUT2D eigenvalue weighted by molar-refractivity contribution is 0.368. The van der Waals surface area contributed by atoms with Crippen molar-refractivity contribution < 1.29 is 4.52 Å². The molecule has 0 unspecified atom stereocenters. The van der Waals surface area contributed by atoms with E-state index in [-0.39, 0.29) is 0 Å². The molecule has 0 amide bonds. The number of nitrogens with zero attached hydrogens (tertiary/aromatic N) is 1. The number of anilines is 1. The second-order valence-electron chi connectivity index (χ2n) is 4.16. The van der Waals surface area contributed by atoms with Gasteiger partial charge in [0.2, 0.25) is 0 Å². The Morgan fingerprint density at radius 1 is 1.31 bits per heavy atom. The van der Waals surface area contributed by atoms with E-state index in [2.05, 4.69) is 32.9 Å². The van der Waals surface area contributed by atoms with Crippen molar-refractivity contribution in [3.05, 3.63) is 11.3 Å². The molecular formula is C10H18N2O. The third-order valence-corrected chi connectivity index (χ3v) is 2.00. The summed E-state index contributed by atoms with van der Waals surface area (Å²) in [5, 5.41) is 3.79. The van der Waals surface area contributed by atoms with Crippen molar-refractivity contribution in [2.45, 2.75) is 40.0 Å². The Hall–Kier alpha value is -0.990. The molecule has 3 heteroatoms. The lowest BCUT2D eigenvalue weighted by atomic mass is 9.98. The van der Waals surface area contributed by atoms with E-state index in [1.807, 2.05) is 0 Å². The SMILES string of the molecule is CC(C)Cc1onc(N)c1C(C)C. The van der Waals surface area contributed by atoms with E-state index in [4.69, 9.17) is 10.3 Å². The van der Waals surface area contributed by atoms with Gasteiger partial charge in [-0.3, -0.25) is 0 Å². The molecule has 3 nitrogen and oxygen atoms in total. The molecule has 0 radical (unpaired) electrons. The fraction of sp³-hybridized carbons (Fsp3) is 0.700. The van der Waals surface area contributed by atoms with E-state index < -0.39 is 0 Å². The molecule has 0 atom stereocenters. The average Bonchev–Trinajstić information content (AvgIpc) is 2.30. The van der Waals surface area contributed by atoms with Gasteiger partial charge in [0, 0.05) is 12.0 Å². The molecule has 1 aromatic heterocycles. The largest absolute Gasteiger partial charge is 0.381 e. The van der Waals surface area contributed by atoms with Crippen molar-refractivity contribution in [3.63, 3.8) is 0 Å². The van der Waals surface area contributed by atoms with Gasteiger partial charge in [0.15, 0.2) is 5.82 Å². The number of nitrogens with two attached hydrogens (primary N) is 1. The lowest BCUT2D eigenvalue weighted by Gasteiger charge is -2.06. The first-order valence-corrected chi connectivity index (χ1v) is 4.76. The van der Waals surface area contributed by atoms with Gasteiger partial charge in [-0.15, -0.1) is 0 Å². The predicted molar refractivity (Wildman–Crippen MR) is 53.5 cm³/mol. The molecule has 0 aromatic carbocycles. The third kappa shape index (κ3) is 2.23. The summed E-state index contributed by atoms with van der Waals surface area (Å²) in [6, 6.07) is 0. The summed E-state index contributed by atoms with van der Waals surface area (Å²) < 4.78 is 5.19. The maximum atomic E-state index is 5.71. The standard InChI is InChI=1S/C10H18N2O/c1-6(2)5-8-9(7(3)4)10(11)12-13-8/h6-7H,5H2,1-4H3,(H2,11,12). The Labute approximate surface area is 79.3 Å². The minimum Gasteiger partial charge on any atom is -0.381 e. The van der Waals surface area contributed by atoms with Gasteiger partial charge in [0.1, 0.15) is 5.76 Å². The van der Waals surface area contributed by atoms with Crippen LogP contribution in [0.1, 0.15) is 44.9 Å². The van der Waals surface area contributed by atoms with Gasteiger partial charge in [-0.05, 0) is 11.8 Å². The van der Waals surface area contributed by atoms with Crippen molar-refractivity contribution in [2.75, 3.05) is 5.73 Å². The van der Waals surface area contributed by atoms with Gasteiger partial charge in [-0.2, -0.15) is 0 Å². The summed E-state index contributed by atoms with van der Waals surface area (Å²) in [4.78, 5) is 0. The average molecular weight is 182 g/mol. The quantitative estimate of drug-likeness (QED) is 0.781. The Morgan fingerprint density at radius 3 is 2.38 bits per heavy atom. The van der Waals surface area contributed by atoms with Crippen molar-refractivity contribution in [1.29, 1.82) is 0 Å². The number of nitrogen functional groups attached to an aromatic ring is 1. The fourth-order valence-corrected chi connectivity index (χ4v) is 1.48. The first-order valence-electron chi connectivity index (χ1n) is 4.76. The van der Waals surface area contributed by atoms with Crippen LogP contribution in [0.15, 0.2) is 4.52 Å². The molecule has 74 valence electrons. The van der Waals surface area contributed by atoms with Gasteiger partial charge in [-0.25, -0.2) is 0 Å². The smallest absolute Gasteiger partial charge is 0.170 e. The molecule has 0 saturated heterocycles. The maximum absolute atomic E-state index is 5.71. The molecule has 1 rings (SSSR count). The zero-order valence-electron chi connectivity index (χ0n) is 8.79. The van der Waals surface area contributed by atoms with Crippen LogP contribution in [-0.2, 0) is 6.42 Å². The number of aromatic nitrogens is 1. The highest BCUT2D eigenvalue weighted by Gasteiger charge is 2.17. The Bertz CT molecular complexity index is 276. The molecular weight excluding hydrogens is 164 g/mol. The molecule has 0 saturated carbocycles. The number of hydrogen-bond donors (Lipinski definition) is 1. The third-order valence-electron chi connectivity index (χ3n) is 2.00. The van der Waals surface area contributed by atoms with E-state index in [9.17, 15) is 0 Å². The highest BCUT2D eigenvalue weighted by Crippen LogP contribution is 2.26. The summed E-state index contributed by atoms with van der Waals surface area (Å²) >= 11 is 0. The van der Waals surface area contributed by atoms with Gasteiger partial charge < -0.3 is 10.3 Å². The Kier molecular flexibility index (Phi) is 2.96. The van der Waals surface area contributed by atoms with Crippen LogP contribution in [0.25, 0.3) is 0 Å². The van der Waals surface area contributed by atoms with Crippen molar-refractivity contribution in [3.8, 4) is 0 Å². The van der Waals surface area contributed by atoms with Crippen LogP contribution in [-0.4, -0.2) is 5.16 Å². The second kappa shape index (κ2) is 3.81. The monoisotopic (exact) mass is 182 g/mol. The predicted octanol–water partition coefficient (Wildman–Crippen LogP) is 2.58. The molecule has 2 N–H and O–H groups in total. The van der Waals surface area contributed by atoms with Crippen LogP contribution in [0.3, 0.4) is 0 Å². The molecule has 0 aliphatic heterocycles. The summed E-state index contributed by atoms with van der Waals surface area (Å²) in [6.45, 7) is 8.52. The molecule has 0 aliphatic carbocycles. The highest BCUT2D eigenvalue weighted by atomic mass is 16.5.